The molecular formula is C15H19ClN2O. The van der Waals surface area contributed by atoms with Crippen molar-refractivity contribution in [2.45, 2.75) is 50.7 Å². The lowest BCUT2D eigenvalue weighted by molar-refractivity contribution is 0.0924. The molecule has 2 aliphatic rings. The van der Waals surface area contributed by atoms with Crippen molar-refractivity contribution >= 4 is 17.5 Å². The minimum absolute atomic E-state index is 0.0195. The molecule has 4 heteroatoms. The average molecular weight is 279 g/mol. The van der Waals surface area contributed by atoms with E-state index >= 15 is 0 Å². The summed E-state index contributed by atoms with van der Waals surface area (Å²) in [6, 6.07) is 6.93. The van der Waals surface area contributed by atoms with Crippen molar-refractivity contribution in [3.8, 4) is 0 Å². The maximum Gasteiger partial charge on any atom is 0.251 e. The van der Waals surface area contributed by atoms with Crippen molar-refractivity contribution in [3.05, 3.63) is 34.3 Å². The zero-order valence-electron chi connectivity index (χ0n) is 11.1. The van der Waals surface area contributed by atoms with E-state index in [1.807, 2.05) is 13.0 Å². The van der Waals surface area contributed by atoms with Crippen molar-refractivity contribution in [2.24, 2.45) is 0 Å². The van der Waals surface area contributed by atoms with Crippen molar-refractivity contribution < 1.29 is 4.79 Å². The fourth-order valence-electron chi connectivity index (χ4n) is 3.23. The van der Waals surface area contributed by atoms with E-state index in [9.17, 15) is 4.79 Å². The van der Waals surface area contributed by atoms with Crippen LogP contribution in [-0.2, 0) is 0 Å². The molecule has 2 saturated heterocycles. The van der Waals surface area contributed by atoms with Crippen LogP contribution in [0.1, 0.15) is 41.6 Å². The zero-order chi connectivity index (χ0) is 13.4. The van der Waals surface area contributed by atoms with Crippen LogP contribution >= 0.6 is 11.6 Å². The van der Waals surface area contributed by atoms with Gasteiger partial charge in [-0.15, -0.1) is 0 Å². The second-order valence-corrected chi connectivity index (χ2v) is 6.15. The molecule has 102 valence electrons. The van der Waals surface area contributed by atoms with Gasteiger partial charge in [0, 0.05) is 28.7 Å². The topological polar surface area (TPSA) is 41.1 Å². The smallest absolute Gasteiger partial charge is 0.251 e. The number of benzene rings is 1. The van der Waals surface area contributed by atoms with E-state index in [-0.39, 0.29) is 5.91 Å². The number of hydrogen-bond acceptors (Lipinski definition) is 2. The lowest BCUT2D eigenvalue weighted by Crippen LogP contribution is -2.48. The Kier molecular flexibility index (Phi) is 3.50. The Labute approximate surface area is 118 Å². The largest absolute Gasteiger partial charge is 0.349 e. The van der Waals surface area contributed by atoms with Gasteiger partial charge < -0.3 is 10.6 Å². The third-order valence-electron chi connectivity index (χ3n) is 4.23. The van der Waals surface area contributed by atoms with Crippen molar-refractivity contribution in [1.82, 2.24) is 10.6 Å². The number of rotatable bonds is 2. The van der Waals surface area contributed by atoms with Gasteiger partial charge in [0.25, 0.3) is 5.91 Å². The van der Waals surface area contributed by atoms with Gasteiger partial charge in [-0.3, -0.25) is 4.79 Å². The first-order valence-electron chi connectivity index (χ1n) is 6.95. The molecular weight excluding hydrogens is 260 g/mol. The van der Waals surface area contributed by atoms with Crippen molar-refractivity contribution in [1.29, 1.82) is 0 Å². The lowest BCUT2D eigenvalue weighted by Gasteiger charge is -2.29. The van der Waals surface area contributed by atoms with Gasteiger partial charge in [0.1, 0.15) is 0 Å². The van der Waals surface area contributed by atoms with Gasteiger partial charge >= 0.3 is 0 Å². The average Bonchev–Trinajstić information content (AvgIpc) is 2.72. The number of piperidine rings is 1. The Balaban J connectivity index is 1.66. The van der Waals surface area contributed by atoms with Gasteiger partial charge in [-0.2, -0.15) is 0 Å². The lowest BCUT2D eigenvalue weighted by atomic mass is 9.99. The van der Waals surface area contributed by atoms with E-state index in [1.54, 1.807) is 12.1 Å². The van der Waals surface area contributed by atoms with Gasteiger partial charge in [0.15, 0.2) is 0 Å². The summed E-state index contributed by atoms with van der Waals surface area (Å²) in [7, 11) is 0. The molecule has 0 radical (unpaired) electrons. The molecule has 3 nitrogen and oxygen atoms in total. The second kappa shape index (κ2) is 5.14. The molecule has 2 bridgehead atoms. The van der Waals surface area contributed by atoms with Crippen LogP contribution in [0, 0.1) is 6.92 Å². The normalized spacial score (nSPS) is 29.3. The van der Waals surface area contributed by atoms with Crippen molar-refractivity contribution in [2.75, 3.05) is 0 Å². The van der Waals surface area contributed by atoms with E-state index in [2.05, 4.69) is 10.6 Å². The number of halogens is 1. The summed E-state index contributed by atoms with van der Waals surface area (Å²) in [5, 5.41) is 7.45. The first-order valence-corrected chi connectivity index (χ1v) is 7.32. The quantitative estimate of drug-likeness (QED) is 0.873. The Morgan fingerprint density at radius 3 is 2.63 bits per heavy atom. The maximum absolute atomic E-state index is 12.2. The summed E-state index contributed by atoms with van der Waals surface area (Å²) >= 11 is 5.98. The molecule has 2 atom stereocenters. The molecule has 2 heterocycles. The summed E-state index contributed by atoms with van der Waals surface area (Å²) in [5.41, 5.74) is 1.65. The molecule has 1 aromatic rings. The highest BCUT2D eigenvalue weighted by atomic mass is 35.5. The molecule has 2 unspecified atom stereocenters. The fraction of sp³-hybridized carbons (Fsp3) is 0.533. The molecule has 19 heavy (non-hydrogen) atoms. The molecule has 1 amide bonds. The predicted molar refractivity (Wildman–Crippen MR) is 76.6 cm³/mol. The number of carbonyl (C=O) groups excluding carboxylic acids is 1. The minimum Gasteiger partial charge on any atom is -0.349 e. The summed E-state index contributed by atoms with van der Waals surface area (Å²) in [6.45, 7) is 1.92. The summed E-state index contributed by atoms with van der Waals surface area (Å²) in [6.07, 6.45) is 4.60. The Morgan fingerprint density at radius 1 is 1.32 bits per heavy atom. The molecule has 0 spiro atoms. The number of hydrogen-bond donors (Lipinski definition) is 2. The van der Waals surface area contributed by atoms with Gasteiger partial charge in [-0.05, 0) is 56.4 Å². The van der Waals surface area contributed by atoms with Crippen LogP contribution in [0.3, 0.4) is 0 Å². The molecule has 3 rings (SSSR count). The van der Waals surface area contributed by atoms with Gasteiger partial charge in [-0.1, -0.05) is 11.6 Å². The third kappa shape index (κ3) is 2.77. The molecule has 2 fully saturated rings. The first kappa shape index (κ1) is 12.9. The van der Waals surface area contributed by atoms with E-state index < -0.39 is 0 Å². The number of aryl methyl sites for hydroxylation is 1. The predicted octanol–water partition coefficient (Wildman–Crippen LogP) is 2.66. The number of nitrogens with one attached hydrogen (secondary N) is 2. The highest BCUT2D eigenvalue weighted by Crippen LogP contribution is 2.27. The van der Waals surface area contributed by atoms with E-state index in [1.165, 1.54) is 12.8 Å². The summed E-state index contributed by atoms with van der Waals surface area (Å²) in [5.74, 6) is 0.0195. The Bertz CT molecular complexity index is 491. The number of fused-ring (bicyclic) bond motifs is 2. The van der Waals surface area contributed by atoms with E-state index in [0.717, 1.165) is 18.4 Å². The Morgan fingerprint density at radius 2 is 2.00 bits per heavy atom. The monoisotopic (exact) mass is 278 g/mol. The minimum atomic E-state index is 0.0195. The van der Waals surface area contributed by atoms with Crippen LogP contribution in [0.5, 0.6) is 0 Å². The SMILES string of the molecule is Cc1cc(C(=O)NC2CC3CCC(C2)N3)ccc1Cl. The van der Waals surface area contributed by atoms with E-state index in [4.69, 9.17) is 11.6 Å². The van der Waals surface area contributed by atoms with E-state index in [0.29, 0.717) is 28.7 Å². The first-order chi connectivity index (χ1) is 9.11. The molecule has 0 aliphatic carbocycles. The summed E-state index contributed by atoms with van der Waals surface area (Å²) < 4.78 is 0. The van der Waals surface area contributed by atoms with Crippen LogP contribution in [0.2, 0.25) is 5.02 Å². The summed E-state index contributed by atoms with van der Waals surface area (Å²) in [4.78, 5) is 12.2. The van der Waals surface area contributed by atoms with Crippen molar-refractivity contribution in [3.63, 3.8) is 0 Å². The molecule has 0 saturated carbocycles. The molecule has 2 aliphatic heterocycles. The van der Waals surface area contributed by atoms with Crippen LogP contribution in [0.25, 0.3) is 0 Å². The second-order valence-electron chi connectivity index (χ2n) is 5.74. The molecule has 2 N–H and O–H groups in total. The molecule has 1 aromatic carbocycles. The van der Waals surface area contributed by atoms with Crippen LogP contribution in [0.4, 0.5) is 0 Å². The van der Waals surface area contributed by atoms with Gasteiger partial charge in [0.2, 0.25) is 0 Å². The Hall–Kier alpha value is -1.06. The maximum atomic E-state index is 12.2. The molecule has 0 aromatic heterocycles. The standard InChI is InChI=1S/C15H19ClN2O/c1-9-6-10(2-5-14(9)16)15(19)18-13-7-11-3-4-12(8-13)17-11/h2,5-6,11-13,17H,3-4,7-8H2,1H3,(H,18,19). The highest BCUT2D eigenvalue weighted by Gasteiger charge is 2.34. The van der Waals surface area contributed by atoms with Gasteiger partial charge in [0.05, 0.1) is 0 Å². The number of amides is 1. The highest BCUT2D eigenvalue weighted by molar-refractivity contribution is 6.31. The number of carbonyl (C=O) groups is 1. The third-order valence-corrected chi connectivity index (χ3v) is 4.65. The zero-order valence-corrected chi connectivity index (χ0v) is 11.8. The van der Waals surface area contributed by atoms with Gasteiger partial charge in [-0.25, -0.2) is 0 Å². The van der Waals surface area contributed by atoms with Crippen LogP contribution in [-0.4, -0.2) is 24.0 Å². The fourth-order valence-corrected chi connectivity index (χ4v) is 3.35. The van der Waals surface area contributed by atoms with Crippen LogP contribution in [0.15, 0.2) is 18.2 Å². The van der Waals surface area contributed by atoms with Crippen LogP contribution < -0.4 is 10.6 Å².